The molecule has 0 radical (unpaired) electrons. The molecular formula is C35H26N2. The lowest BCUT2D eigenvalue weighted by Crippen LogP contribution is -2.17. The van der Waals surface area contributed by atoms with E-state index in [1.54, 1.807) is 0 Å². The topological polar surface area (TPSA) is 25.8 Å². The molecule has 0 N–H and O–H groups in total. The summed E-state index contributed by atoms with van der Waals surface area (Å²) in [5.74, 6) is 0.770. The van der Waals surface area contributed by atoms with Crippen molar-refractivity contribution in [2.75, 3.05) is 0 Å². The van der Waals surface area contributed by atoms with E-state index in [2.05, 4.69) is 117 Å². The maximum Gasteiger partial charge on any atom is 0.160 e. The normalized spacial score (nSPS) is 13.4. The molecule has 0 unspecified atom stereocenters. The molecule has 0 bridgehead atoms. The van der Waals surface area contributed by atoms with Gasteiger partial charge in [-0.25, -0.2) is 9.97 Å². The minimum atomic E-state index is -0.236. The molecule has 6 aromatic rings. The van der Waals surface area contributed by atoms with E-state index < -0.39 is 0 Å². The third-order valence-corrected chi connectivity index (χ3v) is 7.63. The highest BCUT2D eigenvalue weighted by Crippen LogP contribution is 2.52. The number of hydrogen-bond donors (Lipinski definition) is 0. The van der Waals surface area contributed by atoms with Crippen LogP contribution in [0.2, 0.25) is 0 Å². The van der Waals surface area contributed by atoms with Crippen LogP contribution in [-0.2, 0) is 5.41 Å². The van der Waals surface area contributed by atoms with E-state index in [0.717, 1.165) is 33.9 Å². The zero-order chi connectivity index (χ0) is 25.0. The third kappa shape index (κ3) is 3.48. The van der Waals surface area contributed by atoms with Gasteiger partial charge in [0.1, 0.15) is 0 Å². The van der Waals surface area contributed by atoms with Crippen molar-refractivity contribution < 1.29 is 0 Å². The highest BCUT2D eigenvalue weighted by Gasteiger charge is 2.40. The van der Waals surface area contributed by atoms with E-state index in [0.29, 0.717) is 0 Å². The van der Waals surface area contributed by atoms with Gasteiger partial charge < -0.3 is 0 Å². The highest BCUT2D eigenvalue weighted by molar-refractivity contribution is 5.97. The number of nitrogens with zero attached hydrogens (tertiary/aromatic N) is 2. The zero-order valence-electron chi connectivity index (χ0n) is 20.9. The number of benzene rings is 5. The van der Waals surface area contributed by atoms with E-state index in [4.69, 9.17) is 9.97 Å². The Hall–Kier alpha value is -4.56. The lowest BCUT2D eigenvalue weighted by Gasteiger charge is -2.21. The molecule has 0 saturated heterocycles. The summed E-state index contributed by atoms with van der Waals surface area (Å²) < 4.78 is 0. The molecule has 7 rings (SSSR count). The van der Waals surface area contributed by atoms with Crippen molar-refractivity contribution in [3.63, 3.8) is 0 Å². The zero-order valence-corrected chi connectivity index (χ0v) is 20.9. The third-order valence-electron chi connectivity index (χ3n) is 7.63. The van der Waals surface area contributed by atoms with Crippen LogP contribution in [0.4, 0.5) is 0 Å². The first kappa shape index (κ1) is 21.7. The van der Waals surface area contributed by atoms with Gasteiger partial charge in [-0.2, -0.15) is 0 Å². The Balaban J connectivity index is 1.49. The quantitative estimate of drug-likeness (QED) is 0.256. The van der Waals surface area contributed by atoms with Gasteiger partial charge in [-0.05, 0) is 45.2 Å². The van der Waals surface area contributed by atoms with E-state index >= 15 is 0 Å². The van der Waals surface area contributed by atoms with Gasteiger partial charge in [0, 0.05) is 22.1 Å². The van der Waals surface area contributed by atoms with E-state index in [-0.39, 0.29) is 5.41 Å². The molecule has 0 aliphatic heterocycles. The van der Waals surface area contributed by atoms with Gasteiger partial charge in [0.05, 0.1) is 11.4 Å². The minimum absolute atomic E-state index is 0.236. The van der Waals surface area contributed by atoms with Crippen LogP contribution >= 0.6 is 0 Å². The van der Waals surface area contributed by atoms with Crippen molar-refractivity contribution in [1.29, 1.82) is 0 Å². The second-order valence-corrected chi connectivity index (χ2v) is 10.3. The fourth-order valence-electron chi connectivity index (χ4n) is 5.64. The van der Waals surface area contributed by atoms with Crippen molar-refractivity contribution in [3.8, 4) is 44.9 Å². The predicted molar refractivity (Wildman–Crippen MR) is 153 cm³/mol. The molecule has 0 atom stereocenters. The summed E-state index contributed by atoms with van der Waals surface area (Å²) in [6.45, 7) is 4.58. The molecule has 176 valence electrons. The number of hydrogen-bond acceptors (Lipinski definition) is 2. The lowest BCUT2D eigenvalue weighted by molar-refractivity contribution is 0.637. The molecule has 1 heterocycles. The monoisotopic (exact) mass is 474 g/mol. The fraction of sp³-hybridized carbons (Fsp3) is 0.0857. The molecule has 37 heavy (non-hydrogen) atoms. The largest absolute Gasteiger partial charge is 0.231 e. The van der Waals surface area contributed by atoms with Gasteiger partial charge in [0.2, 0.25) is 0 Å². The van der Waals surface area contributed by atoms with Crippen molar-refractivity contribution in [2.45, 2.75) is 19.3 Å². The Morgan fingerprint density at radius 3 is 1.73 bits per heavy atom. The molecule has 0 spiro atoms. The van der Waals surface area contributed by atoms with Crippen molar-refractivity contribution in [1.82, 2.24) is 9.97 Å². The summed E-state index contributed by atoms with van der Waals surface area (Å²) in [6, 6.07) is 42.9. The SMILES string of the molecule is CC1(C)c2cc3ccccc3cc2-c2c(-c3ccc(-c4ccccc4)cc3)nc(-c3ccccc3)nc21. The van der Waals surface area contributed by atoms with Crippen LogP contribution in [0.3, 0.4) is 0 Å². The summed E-state index contributed by atoms with van der Waals surface area (Å²) in [7, 11) is 0. The summed E-state index contributed by atoms with van der Waals surface area (Å²) in [4.78, 5) is 10.4. The van der Waals surface area contributed by atoms with Crippen LogP contribution in [0.5, 0.6) is 0 Å². The van der Waals surface area contributed by atoms with E-state index in [9.17, 15) is 0 Å². The first-order chi connectivity index (χ1) is 18.1. The highest BCUT2D eigenvalue weighted by atomic mass is 14.9. The molecule has 0 saturated carbocycles. The number of aromatic nitrogens is 2. The first-order valence-electron chi connectivity index (χ1n) is 12.8. The van der Waals surface area contributed by atoms with Gasteiger partial charge in [-0.3, -0.25) is 0 Å². The van der Waals surface area contributed by atoms with Crippen LogP contribution < -0.4 is 0 Å². The van der Waals surface area contributed by atoms with Gasteiger partial charge in [-0.15, -0.1) is 0 Å². The molecule has 1 aliphatic rings. The van der Waals surface area contributed by atoms with Crippen molar-refractivity contribution in [2.24, 2.45) is 0 Å². The molecule has 0 fully saturated rings. The van der Waals surface area contributed by atoms with E-state index in [1.165, 1.54) is 33.0 Å². The summed E-state index contributed by atoms with van der Waals surface area (Å²) >= 11 is 0. The van der Waals surface area contributed by atoms with Crippen molar-refractivity contribution >= 4 is 10.8 Å². The van der Waals surface area contributed by atoms with E-state index in [1.807, 2.05) is 18.2 Å². The smallest absolute Gasteiger partial charge is 0.160 e. The molecule has 5 aromatic carbocycles. The second kappa shape index (κ2) is 8.25. The van der Waals surface area contributed by atoms with Crippen LogP contribution in [0.15, 0.2) is 121 Å². The summed E-state index contributed by atoms with van der Waals surface area (Å²) in [6.07, 6.45) is 0. The second-order valence-electron chi connectivity index (χ2n) is 10.3. The standard InChI is InChI=1S/C35H26N2/c1-35(2)30-22-28-16-10-9-15-27(28)21-29(30)31-32(36-34(37-33(31)35)26-13-7-4-8-14-26)25-19-17-24(18-20-25)23-11-5-3-6-12-23/h3-22H,1-2H3. The Bertz CT molecular complexity index is 1770. The average molecular weight is 475 g/mol. The molecule has 2 heteroatoms. The molecule has 1 aromatic heterocycles. The maximum absolute atomic E-state index is 5.22. The lowest BCUT2D eigenvalue weighted by atomic mass is 9.84. The Morgan fingerprint density at radius 2 is 1.05 bits per heavy atom. The Morgan fingerprint density at radius 1 is 0.514 bits per heavy atom. The average Bonchev–Trinajstić information content (AvgIpc) is 3.18. The van der Waals surface area contributed by atoms with Gasteiger partial charge in [0.15, 0.2) is 5.82 Å². The van der Waals surface area contributed by atoms with Crippen LogP contribution in [0.1, 0.15) is 25.1 Å². The molecule has 0 amide bonds. The van der Waals surface area contributed by atoms with Crippen LogP contribution in [0, 0.1) is 0 Å². The summed E-state index contributed by atoms with van der Waals surface area (Å²) in [5, 5.41) is 2.49. The van der Waals surface area contributed by atoms with Gasteiger partial charge in [0.25, 0.3) is 0 Å². The minimum Gasteiger partial charge on any atom is -0.231 e. The number of rotatable bonds is 3. The summed E-state index contributed by atoms with van der Waals surface area (Å²) in [5.41, 5.74) is 10.1. The van der Waals surface area contributed by atoms with Gasteiger partial charge >= 0.3 is 0 Å². The Kier molecular flexibility index (Phi) is 4.84. The fourth-order valence-corrected chi connectivity index (χ4v) is 5.64. The van der Waals surface area contributed by atoms with Gasteiger partial charge in [-0.1, -0.05) is 123 Å². The molecule has 1 aliphatic carbocycles. The van der Waals surface area contributed by atoms with Crippen molar-refractivity contribution in [3.05, 3.63) is 133 Å². The maximum atomic E-state index is 5.22. The Labute approximate surface area is 217 Å². The van der Waals surface area contributed by atoms with Crippen LogP contribution in [-0.4, -0.2) is 9.97 Å². The first-order valence-corrected chi connectivity index (χ1v) is 12.8. The molecular weight excluding hydrogens is 448 g/mol. The predicted octanol–water partition coefficient (Wildman–Crippen LogP) is 8.94. The van der Waals surface area contributed by atoms with Crippen LogP contribution in [0.25, 0.3) is 55.7 Å². The number of fused-ring (bicyclic) bond motifs is 4. The molecule has 2 nitrogen and oxygen atoms in total.